The lowest BCUT2D eigenvalue weighted by Crippen LogP contribution is -1.89. The van der Waals surface area contributed by atoms with Crippen LogP contribution in [0.4, 0.5) is 0 Å². The number of benzene rings is 4. The predicted molar refractivity (Wildman–Crippen MR) is 176 cm³/mol. The van der Waals surface area contributed by atoms with E-state index in [1.54, 1.807) is 18.5 Å². The molecule has 2 aromatic heterocycles. The minimum atomic E-state index is 0.866. The Kier molecular flexibility index (Phi) is 7.74. The molecule has 0 aliphatic rings. The molecule has 42 heavy (non-hydrogen) atoms. The highest BCUT2D eigenvalue weighted by Gasteiger charge is 2.11. The van der Waals surface area contributed by atoms with E-state index in [1.165, 1.54) is 6.21 Å². The molecule has 0 bridgehead atoms. The largest absolute Gasteiger partial charge is 0.309 e. The van der Waals surface area contributed by atoms with E-state index in [1.807, 2.05) is 30.6 Å². The summed E-state index contributed by atoms with van der Waals surface area (Å²) >= 11 is 0. The molecule has 0 saturated carbocycles. The number of nitrogens with zero attached hydrogens (tertiary/aromatic N) is 2. The maximum Gasteiger partial charge on any atom is 0.0346 e. The lowest BCUT2D eigenvalue weighted by atomic mass is 9.90. The summed E-state index contributed by atoms with van der Waals surface area (Å²) < 4.78 is 0. The van der Waals surface area contributed by atoms with Gasteiger partial charge in [0.15, 0.2) is 0 Å². The van der Waals surface area contributed by atoms with Crippen LogP contribution in [0.5, 0.6) is 0 Å². The number of hydrogen-bond acceptors (Lipinski definition) is 3. The van der Waals surface area contributed by atoms with Gasteiger partial charge in [0.2, 0.25) is 0 Å². The van der Waals surface area contributed by atoms with E-state index < -0.39 is 0 Å². The third kappa shape index (κ3) is 5.91. The molecule has 0 radical (unpaired) electrons. The molecule has 0 atom stereocenters. The molecule has 0 unspecified atom stereocenters. The molecule has 2 heterocycles. The van der Waals surface area contributed by atoms with Crippen LogP contribution in [0.3, 0.4) is 0 Å². The average Bonchev–Trinajstić information content (AvgIpc) is 3.08. The summed E-state index contributed by atoms with van der Waals surface area (Å²) in [5, 5.41) is 7.33. The molecule has 0 amide bonds. The number of nitrogens with one attached hydrogen (secondary N) is 1. The molecule has 1 N–H and O–H groups in total. The Labute approximate surface area is 246 Å². The van der Waals surface area contributed by atoms with Crippen molar-refractivity contribution in [1.82, 2.24) is 9.97 Å². The van der Waals surface area contributed by atoms with E-state index in [2.05, 4.69) is 120 Å². The highest BCUT2D eigenvalue weighted by Crippen LogP contribution is 2.36. The zero-order valence-electron chi connectivity index (χ0n) is 23.1. The van der Waals surface area contributed by atoms with Crippen LogP contribution < -0.4 is 0 Å². The van der Waals surface area contributed by atoms with Crippen molar-refractivity contribution < 1.29 is 0 Å². The molecule has 4 aromatic carbocycles. The molecule has 0 spiro atoms. The first-order chi connectivity index (χ1) is 20.7. The van der Waals surface area contributed by atoms with Gasteiger partial charge in [0, 0.05) is 42.1 Å². The normalized spacial score (nSPS) is 11.0. The number of allylic oxidation sites excluding steroid dienone is 3. The lowest BCUT2D eigenvalue weighted by molar-refractivity contribution is 1.33. The van der Waals surface area contributed by atoms with Crippen molar-refractivity contribution in [3.63, 3.8) is 0 Å². The third-order valence-electron chi connectivity index (χ3n) is 7.27. The highest BCUT2D eigenvalue weighted by atomic mass is 14.6. The summed E-state index contributed by atoms with van der Waals surface area (Å²) in [7, 11) is 0. The van der Waals surface area contributed by atoms with Gasteiger partial charge in [-0.1, -0.05) is 79.4 Å². The van der Waals surface area contributed by atoms with Gasteiger partial charge in [-0.2, -0.15) is 0 Å². The Balaban J connectivity index is 1.50. The van der Waals surface area contributed by atoms with Crippen molar-refractivity contribution in [3.8, 4) is 55.6 Å². The molecular formula is C39H29N3. The fourth-order valence-corrected chi connectivity index (χ4v) is 5.11. The van der Waals surface area contributed by atoms with Gasteiger partial charge in [0.25, 0.3) is 0 Å². The maximum atomic E-state index is 7.33. The van der Waals surface area contributed by atoms with Gasteiger partial charge in [0.05, 0.1) is 0 Å². The minimum absolute atomic E-state index is 0.866. The van der Waals surface area contributed by atoms with Gasteiger partial charge in [-0.25, -0.2) is 0 Å². The Hall–Kier alpha value is -5.67. The van der Waals surface area contributed by atoms with Gasteiger partial charge in [-0.15, -0.1) is 0 Å². The van der Waals surface area contributed by atoms with Crippen LogP contribution in [0.1, 0.15) is 5.56 Å². The van der Waals surface area contributed by atoms with Gasteiger partial charge >= 0.3 is 0 Å². The molecule has 0 aliphatic carbocycles. The average molecular weight is 540 g/mol. The summed E-state index contributed by atoms with van der Waals surface area (Å²) in [6.45, 7) is 4.20. The molecule has 6 rings (SSSR count). The van der Waals surface area contributed by atoms with Crippen LogP contribution in [-0.2, 0) is 0 Å². The Morgan fingerprint density at radius 1 is 0.500 bits per heavy atom. The van der Waals surface area contributed by atoms with Crippen molar-refractivity contribution in [1.29, 1.82) is 5.41 Å². The van der Waals surface area contributed by atoms with Crippen LogP contribution in [0.15, 0.2) is 159 Å². The van der Waals surface area contributed by atoms with Crippen molar-refractivity contribution in [2.24, 2.45) is 0 Å². The standard InChI is InChI=1S/C39H29N3/c1-28(8-5-17-40)29-9-2-12-32(20-29)37-23-38(33-13-3-10-30(21-33)35-15-6-18-41-26-35)25-39(24-37)34-14-4-11-31(22-34)36-16-7-19-42-27-36/h2-27,40H,1H2/b8-5-,40-17?. The van der Waals surface area contributed by atoms with Gasteiger partial charge < -0.3 is 5.41 Å². The minimum Gasteiger partial charge on any atom is -0.309 e. The number of pyridine rings is 2. The van der Waals surface area contributed by atoms with Crippen LogP contribution in [0.2, 0.25) is 0 Å². The molecule has 3 heteroatoms. The SMILES string of the molecule is C=C(/C=C\C=N)c1cccc(-c2cc(-c3cccc(-c4cccnc4)c3)cc(-c3cccc(-c4cccnc4)c3)c2)c1. The Bertz CT molecular complexity index is 1800. The zero-order chi connectivity index (χ0) is 28.7. The second-order valence-corrected chi connectivity index (χ2v) is 10.1. The van der Waals surface area contributed by atoms with E-state index >= 15 is 0 Å². The highest BCUT2D eigenvalue weighted by molar-refractivity contribution is 5.86. The number of hydrogen-bond donors (Lipinski definition) is 1. The first-order valence-corrected chi connectivity index (χ1v) is 13.8. The van der Waals surface area contributed by atoms with Crippen LogP contribution in [-0.4, -0.2) is 16.2 Å². The van der Waals surface area contributed by atoms with Crippen LogP contribution >= 0.6 is 0 Å². The molecule has 6 aromatic rings. The fourth-order valence-electron chi connectivity index (χ4n) is 5.11. The first-order valence-electron chi connectivity index (χ1n) is 13.8. The van der Waals surface area contributed by atoms with Crippen molar-refractivity contribution in [3.05, 3.63) is 164 Å². The number of rotatable bonds is 8. The molecular weight excluding hydrogens is 510 g/mol. The molecule has 3 nitrogen and oxygen atoms in total. The summed E-state index contributed by atoms with van der Waals surface area (Å²) in [5.74, 6) is 0. The topological polar surface area (TPSA) is 49.6 Å². The lowest BCUT2D eigenvalue weighted by Gasteiger charge is -2.14. The summed E-state index contributed by atoms with van der Waals surface area (Å²) in [5.41, 5.74) is 13.1. The number of aromatic nitrogens is 2. The quantitative estimate of drug-likeness (QED) is 0.155. The fraction of sp³-hybridized carbons (Fsp3) is 0. The van der Waals surface area contributed by atoms with Gasteiger partial charge in [-0.3, -0.25) is 9.97 Å². The van der Waals surface area contributed by atoms with Crippen LogP contribution in [0, 0.1) is 5.41 Å². The maximum absolute atomic E-state index is 7.33. The Morgan fingerprint density at radius 3 is 1.36 bits per heavy atom. The third-order valence-corrected chi connectivity index (χ3v) is 7.27. The summed E-state index contributed by atoms with van der Waals surface area (Å²) in [6.07, 6.45) is 12.2. The van der Waals surface area contributed by atoms with Crippen LogP contribution in [0.25, 0.3) is 61.2 Å². The second-order valence-electron chi connectivity index (χ2n) is 10.1. The Morgan fingerprint density at radius 2 is 0.905 bits per heavy atom. The van der Waals surface area contributed by atoms with E-state index in [0.29, 0.717) is 0 Å². The molecule has 0 aliphatic heterocycles. The van der Waals surface area contributed by atoms with E-state index in [9.17, 15) is 0 Å². The van der Waals surface area contributed by atoms with E-state index in [0.717, 1.165) is 66.8 Å². The van der Waals surface area contributed by atoms with E-state index in [-0.39, 0.29) is 0 Å². The smallest absolute Gasteiger partial charge is 0.0346 e. The van der Waals surface area contributed by atoms with Crippen molar-refractivity contribution >= 4 is 11.8 Å². The second kappa shape index (κ2) is 12.2. The van der Waals surface area contributed by atoms with E-state index in [4.69, 9.17) is 5.41 Å². The van der Waals surface area contributed by atoms with Gasteiger partial charge in [0.1, 0.15) is 0 Å². The van der Waals surface area contributed by atoms with Crippen molar-refractivity contribution in [2.45, 2.75) is 0 Å². The predicted octanol–water partition coefficient (Wildman–Crippen LogP) is 10.0. The first kappa shape index (κ1) is 26.5. The molecule has 0 saturated heterocycles. The van der Waals surface area contributed by atoms with Gasteiger partial charge in [-0.05, 0) is 110 Å². The monoisotopic (exact) mass is 539 g/mol. The summed E-state index contributed by atoms with van der Waals surface area (Å²) in [6, 6.07) is 40.5. The molecule has 0 fully saturated rings. The zero-order valence-corrected chi connectivity index (χ0v) is 23.1. The van der Waals surface area contributed by atoms with Crippen molar-refractivity contribution in [2.75, 3.05) is 0 Å². The molecule has 200 valence electrons. The summed E-state index contributed by atoms with van der Waals surface area (Å²) in [4.78, 5) is 8.63.